The summed E-state index contributed by atoms with van der Waals surface area (Å²) in [6, 6.07) is 10.3. The number of aromatic nitrogens is 4. The maximum absolute atomic E-state index is 13.9. The highest BCUT2D eigenvalue weighted by Gasteiger charge is 2.41. The molecule has 4 amide bonds. The first kappa shape index (κ1) is 40.6. The molecule has 4 fully saturated rings. The number of imidazole rings is 2. The number of amides is 4. The molecule has 4 saturated heterocycles. The van der Waals surface area contributed by atoms with E-state index in [1.807, 2.05) is 0 Å². The van der Waals surface area contributed by atoms with Crippen molar-refractivity contribution in [1.82, 2.24) is 40.4 Å². The number of nitrogens with zero attached hydrogens (tertiary/aromatic N) is 4. The van der Waals surface area contributed by atoms with Gasteiger partial charge in [-0.2, -0.15) is 0 Å². The molecular formula is C44H52N8O9. The normalized spacial score (nSPS) is 21.9. The van der Waals surface area contributed by atoms with Crippen LogP contribution in [-0.2, 0) is 37.0 Å². The van der Waals surface area contributed by atoms with Crippen LogP contribution in [0.3, 0.4) is 0 Å². The average molecular weight is 837 g/mol. The number of hydrogen-bond acceptors (Lipinski definition) is 9. The highest BCUT2D eigenvalue weighted by atomic mass is 16.5. The van der Waals surface area contributed by atoms with Crippen LogP contribution >= 0.6 is 0 Å². The van der Waals surface area contributed by atoms with Gasteiger partial charge >= 0.3 is 12.2 Å². The number of nitrogens with one attached hydrogen (secondary N) is 4. The minimum Gasteiger partial charge on any atom is -0.465 e. The predicted molar refractivity (Wildman–Crippen MR) is 220 cm³/mol. The number of fused-ring (bicyclic) bond motifs is 3. The second kappa shape index (κ2) is 17.7. The van der Waals surface area contributed by atoms with Crippen molar-refractivity contribution < 1.29 is 43.6 Å². The highest BCUT2D eigenvalue weighted by molar-refractivity contribution is 5.87. The van der Waals surface area contributed by atoms with E-state index in [1.165, 1.54) is 0 Å². The van der Waals surface area contributed by atoms with Gasteiger partial charge in [-0.3, -0.25) is 9.59 Å². The minimum atomic E-state index is -1.21. The molecule has 7 heterocycles. The van der Waals surface area contributed by atoms with Gasteiger partial charge in [-0.05, 0) is 109 Å². The van der Waals surface area contributed by atoms with Gasteiger partial charge in [-0.15, -0.1) is 0 Å². The van der Waals surface area contributed by atoms with Crippen molar-refractivity contribution in [2.45, 2.75) is 88.7 Å². The number of likely N-dealkylation sites (tertiary alicyclic amines) is 2. The van der Waals surface area contributed by atoms with Crippen molar-refractivity contribution in [3.05, 3.63) is 71.6 Å². The minimum absolute atomic E-state index is 0.123. The fourth-order valence-electron chi connectivity index (χ4n) is 9.98. The Labute approximate surface area is 352 Å². The second-order valence-corrected chi connectivity index (χ2v) is 16.7. The Morgan fingerprint density at radius 3 is 1.46 bits per heavy atom. The predicted octanol–water partition coefficient (Wildman–Crippen LogP) is 5.62. The van der Waals surface area contributed by atoms with E-state index in [0.29, 0.717) is 90.1 Å². The van der Waals surface area contributed by atoms with Crippen molar-refractivity contribution in [3.63, 3.8) is 0 Å². The maximum Gasteiger partial charge on any atom is 0.405 e. The second-order valence-electron chi connectivity index (χ2n) is 16.7. The highest BCUT2D eigenvalue weighted by Crippen LogP contribution is 2.39. The molecule has 0 spiro atoms. The average Bonchev–Trinajstić information content (AvgIpc) is 4.11. The van der Waals surface area contributed by atoms with E-state index in [0.717, 1.165) is 70.5 Å². The molecule has 17 heteroatoms. The van der Waals surface area contributed by atoms with E-state index in [2.05, 4.69) is 57.0 Å². The monoisotopic (exact) mass is 836 g/mol. The summed E-state index contributed by atoms with van der Waals surface area (Å²) in [6.07, 6.45) is 6.70. The number of carbonyl (C=O) groups is 4. The molecule has 6 N–H and O–H groups in total. The smallest absolute Gasteiger partial charge is 0.405 e. The Bertz CT molecular complexity index is 2110. The molecule has 9 rings (SSSR count). The fraction of sp³-hybridized carbons (Fsp3) is 0.500. The molecule has 17 nitrogen and oxygen atoms in total. The van der Waals surface area contributed by atoms with Crippen molar-refractivity contribution in [1.29, 1.82) is 0 Å². The van der Waals surface area contributed by atoms with E-state index in [1.54, 1.807) is 22.2 Å². The number of carboxylic acid groups (broad SMARTS) is 2. The molecule has 2 aromatic heterocycles. The molecule has 5 aliphatic rings. The molecule has 322 valence electrons. The summed E-state index contributed by atoms with van der Waals surface area (Å²) in [7, 11) is 0. The van der Waals surface area contributed by atoms with Crippen molar-refractivity contribution in [2.24, 2.45) is 11.8 Å². The first-order valence-corrected chi connectivity index (χ1v) is 21.4. The summed E-state index contributed by atoms with van der Waals surface area (Å²) < 4.78 is 17.2. The molecule has 4 aromatic rings. The Morgan fingerprint density at radius 1 is 0.623 bits per heavy atom. The lowest BCUT2D eigenvalue weighted by atomic mass is 9.90. The quantitative estimate of drug-likeness (QED) is 0.115. The zero-order chi connectivity index (χ0) is 42.0. The SMILES string of the molecule is O=C(O)NC(C(=O)N1CCCC1c1ncc(-c2ccc3c(c2)COCc2cc(-c4cnc([C@@H]5CCCN5C(=O)[C@@H](NC(=O)O)C5CCOCC5)[nH]4)ccc2-3)[nH]1)C1CCOCC1. The number of H-pyrrole nitrogens is 2. The lowest BCUT2D eigenvalue weighted by Crippen LogP contribution is -2.52. The van der Waals surface area contributed by atoms with Crippen LogP contribution in [0.15, 0.2) is 48.8 Å². The summed E-state index contributed by atoms with van der Waals surface area (Å²) >= 11 is 0. The molecular weight excluding hydrogens is 785 g/mol. The number of ether oxygens (including phenoxy) is 3. The van der Waals surface area contributed by atoms with Crippen LogP contribution in [0.4, 0.5) is 9.59 Å². The zero-order valence-electron chi connectivity index (χ0n) is 33.9. The van der Waals surface area contributed by atoms with Crippen molar-refractivity contribution >= 4 is 24.0 Å². The Balaban J connectivity index is 0.902. The van der Waals surface area contributed by atoms with Crippen molar-refractivity contribution in [3.8, 4) is 33.6 Å². The van der Waals surface area contributed by atoms with E-state index in [-0.39, 0.29) is 35.7 Å². The first-order valence-electron chi connectivity index (χ1n) is 21.4. The standard InChI is InChI=1S/C44H52N8O9/c53-41(37(49-43(55)56)25-9-15-59-16-10-25)51-13-1-3-35(51)39-45-21-33(47-39)27-5-7-31-29(19-27)23-61-24-30-20-28(6-8-32(30)31)34-22-46-40(48-34)36-4-2-14-52(36)42(54)38(50-44(57)58)26-11-17-60-18-12-26/h5-8,19-22,25-26,35-38,49-50H,1-4,9-18,23-24H2,(H,45,47)(H,46,48)(H,55,56)(H,57,58)/t35-,36?,37-,38?/m0/s1. The summed E-state index contributed by atoms with van der Waals surface area (Å²) in [5.41, 5.74) is 7.71. The lowest BCUT2D eigenvalue weighted by molar-refractivity contribution is -0.137. The van der Waals surface area contributed by atoms with Gasteiger partial charge in [-0.25, -0.2) is 19.6 Å². The molecule has 0 saturated carbocycles. The Morgan fingerprint density at radius 2 is 1.05 bits per heavy atom. The van der Waals surface area contributed by atoms with Crippen LogP contribution in [0.5, 0.6) is 0 Å². The lowest BCUT2D eigenvalue weighted by Gasteiger charge is -2.33. The van der Waals surface area contributed by atoms with E-state index >= 15 is 0 Å². The molecule has 0 aliphatic carbocycles. The molecule has 4 atom stereocenters. The Kier molecular flexibility index (Phi) is 11.8. The van der Waals surface area contributed by atoms with Gasteiger partial charge in [0, 0.05) is 39.5 Å². The number of rotatable bonds is 10. The van der Waals surface area contributed by atoms with E-state index in [4.69, 9.17) is 24.2 Å². The number of carbonyl (C=O) groups excluding carboxylic acids is 2. The van der Waals surface area contributed by atoms with E-state index in [9.17, 15) is 29.4 Å². The van der Waals surface area contributed by atoms with Gasteiger partial charge in [0.25, 0.3) is 0 Å². The van der Waals surface area contributed by atoms with E-state index < -0.39 is 24.3 Å². The van der Waals surface area contributed by atoms with Crippen molar-refractivity contribution in [2.75, 3.05) is 39.5 Å². The van der Waals surface area contributed by atoms with Crippen LogP contribution in [0.1, 0.15) is 86.2 Å². The topological polar surface area (TPSA) is 224 Å². The summed E-state index contributed by atoms with van der Waals surface area (Å²) in [5, 5.41) is 24.2. The van der Waals surface area contributed by atoms with Crippen LogP contribution in [-0.4, -0.2) is 116 Å². The van der Waals surface area contributed by atoms with Crippen LogP contribution in [0, 0.1) is 11.8 Å². The molecule has 0 bridgehead atoms. The van der Waals surface area contributed by atoms with Gasteiger partial charge in [0.1, 0.15) is 23.7 Å². The first-order chi connectivity index (χ1) is 29.7. The zero-order valence-corrected chi connectivity index (χ0v) is 33.9. The summed E-state index contributed by atoms with van der Waals surface area (Å²) in [5.74, 6) is 0.671. The van der Waals surface area contributed by atoms with Gasteiger partial charge in [-0.1, -0.05) is 24.3 Å². The third-order valence-electron chi connectivity index (χ3n) is 13.1. The third-order valence-corrected chi connectivity index (χ3v) is 13.1. The third kappa shape index (κ3) is 8.46. The molecule has 2 unspecified atom stereocenters. The molecule has 61 heavy (non-hydrogen) atoms. The van der Waals surface area contributed by atoms with Gasteiger partial charge in [0.15, 0.2) is 0 Å². The molecule has 0 radical (unpaired) electrons. The van der Waals surface area contributed by atoms with Crippen LogP contribution < -0.4 is 10.6 Å². The van der Waals surface area contributed by atoms with Gasteiger partial charge in [0.2, 0.25) is 11.8 Å². The van der Waals surface area contributed by atoms with Gasteiger partial charge < -0.3 is 54.8 Å². The fourth-order valence-corrected chi connectivity index (χ4v) is 9.98. The van der Waals surface area contributed by atoms with Crippen LogP contribution in [0.2, 0.25) is 0 Å². The largest absolute Gasteiger partial charge is 0.465 e. The van der Waals surface area contributed by atoms with Gasteiger partial charge in [0.05, 0.1) is 49.1 Å². The molecule has 2 aromatic carbocycles. The summed E-state index contributed by atoms with van der Waals surface area (Å²) in [4.78, 5) is 71.2. The number of hydrogen-bond donors (Lipinski definition) is 6. The number of benzene rings is 2. The number of aromatic amines is 2. The van der Waals surface area contributed by atoms with Crippen LogP contribution in [0.25, 0.3) is 33.6 Å². The molecule has 5 aliphatic heterocycles. The Hall–Kier alpha value is -5.78. The summed E-state index contributed by atoms with van der Waals surface area (Å²) in [6.45, 7) is 3.92. The maximum atomic E-state index is 13.9.